The molecule has 0 bridgehead atoms. The van der Waals surface area contributed by atoms with E-state index in [9.17, 15) is 9.59 Å². The van der Waals surface area contributed by atoms with Gasteiger partial charge in [0.2, 0.25) is 0 Å². The normalized spacial score (nSPS) is 11.4. The Balaban J connectivity index is 1.71. The van der Waals surface area contributed by atoms with Crippen molar-refractivity contribution in [2.75, 3.05) is 13.7 Å². The Kier molecular flexibility index (Phi) is 6.62. The van der Waals surface area contributed by atoms with Crippen LogP contribution in [-0.2, 0) is 20.9 Å². The van der Waals surface area contributed by atoms with Gasteiger partial charge in [0.05, 0.1) is 13.7 Å². The number of esters is 1. The average molecular weight is 349 g/mol. The molecule has 1 unspecified atom stereocenters. The van der Waals surface area contributed by atoms with Crippen molar-refractivity contribution >= 4 is 23.2 Å². The number of nitrogens with one attached hydrogen (secondary N) is 1. The van der Waals surface area contributed by atoms with E-state index in [0.717, 1.165) is 4.88 Å². The molecule has 0 spiro atoms. The Morgan fingerprint density at radius 3 is 2.50 bits per heavy atom. The molecule has 1 N–H and O–H groups in total. The molecule has 0 aliphatic rings. The fourth-order valence-electron chi connectivity index (χ4n) is 1.81. The van der Waals surface area contributed by atoms with Crippen LogP contribution in [0, 0.1) is 0 Å². The fourth-order valence-corrected chi connectivity index (χ4v) is 2.46. The lowest BCUT2D eigenvalue weighted by atomic mass is 10.3. The molecule has 2 rings (SSSR count). The van der Waals surface area contributed by atoms with Gasteiger partial charge in [-0.3, -0.25) is 4.79 Å². The highest BCUT2D eigenvalue weighted by Crippen LogP contribution is 2.18. The third-order valence-corrected chi connectivity index (χ3v) is 3.97. The number of methoxy groups -OCH3 is 1. The van der Waals surface area contributed by atoms with Crippen molar-refractivity contribution in [2.45, 2.75) is 19.6 Å². The number of thiophene rings is 1. The van der Waals surface area contributed by atoms with E-state index in [1.807, 2.05) is 17.5 Å². The van der Waals surface area contributed by atoms with Gasteiger partial charge in [0.15, 0.2) is 12.7 Å². The summed E-state index contributed by atoms with van der Waals surface area (Å²) in [6.07, 6.45) is -0.816. The lowest BCUT2D eigenvalue weighted by Gasteiger charge is -2.14. The van der Waals surface area contributed by atoms with Gasteiger partial charge < -0.3 is 19.5 Å². The summed E-state index contributed by atoms with van der Waals surface area (Å²) in [4.78, 5) is 24.5. The molecule has 0 saturated carbocycles. The molecule has 0 saturated heterocycles. The van der Waals surface area contributed by atoms with E-state index in [1.165, 1.54) is 0 Å². The Bertz CT molecular complexity index is 654. The first-order chi connectivity index (χ1) is 11.6. The van der Waals surface area contributed by atoms with Crippen LogP contribution in [0.25, 0.3) is 0 Å². The molecule has 128 valence electrons. The monoisotopic (exact) mass is 349 g/mol. The van der Waals surface area contributed by atoms with E-state index >= 15 is 0 Å². The smallest absolute Gasteiger partial charge is 0.347 e. The molecule has 1 aromatic heterocycles. The van der Waals surface area contributed by atoms with Gasteiger partial charge in [0.1, 0.15) is 11.5 Å². The predicted octanol–water partition coefficient (Wildman–Crippen LogP) is 2.38. The lowest BCUT2D eigenvalue weighted by molar-refractivity contribution is -0.154. The summed E-state index contributed by atoms with van der Waals surface area (Å²) in [6, 6.07) is 10.7. The maximum Gasteiger partial charge on any atom is 0.347 e. The Morgan fingerprint density at radius 1 is 1.17 bits per heavy atom. The molecule has 1 amide bonds. The third-order valence-electron chi connectivity index (χ3n) is 3.09. The Hall–Kier alpha value is -2.54. The minimum atomic E-state index is -0.816. The van der Waals surface area contributed by atoms with Crippen LogP contribution in [0.5, 0.6) is 11.5 Å². The van der Waals surface area contributed by atoms with Gasteiger partial charge >= 0.3 is 5.97 Å². The molecule has 7 heteroatoms. The number of amides is 1. The van der Waals surface area contributed by atoms with Gasteiger partial charge in [-0.2, -0.15) is 0 Å². The molecular formula is C17H19NO5S. The molecule has 1 atom stereocenters. The molecule has 0 fully saturated rings. The number of carbonyl (C=O) groups is 2. The summed E-state index contributed by atoms with van der Waals surface area (Å²) in [5.74, 6) is 0.257. The Labute approximate surface area is 144 Å². The van der Waals surface area contributed by atoms with E-state index in [2.05, 4.69) is 5.32 Å². The van der Waals surface area contributed by atoms with E-state index in [4.69, 9.17) is 14.2 Å². The predicted molar refractivity (Wildman–Crippen MR) is 90.2 cm³/mol. The van der Waals surface area contributed by atoms with Gasteiger partial charge in [-0.15, -0.1) is 11.3 Å². The van der Waals surface area contributed by atoms with Crippen LogP contribution < -0.4 is 14.8 Å². The average Bonchev–Trinajstić information content (AvgIpc) is 3.12. The van der Waals surface area contributed by atoms with E-state index < -0.39 is 12.1 Å². The molecule has 1 aromatic carbocycles. The second kappa shape index (κ2) is 8.93. The largest absolute Gasteiger partial charge is 0.497 e. The zero-order valence-electron chi connectivity index (χ0n) is 13.5. The topological polar surface area (TPSA) is 73.9 Å². The van der Waals surface area contributed by atoms with Crippen molar-refractivity contribution in [3.8, 4) is 11.5 Å². The van der Waals surface area contributed by atoms with E-state index in [-0.39, 0.29) is 12.5 Å². The fraction of sp³-hybridized carbons (Fsp3) is 0.294. The minimum Gasteiger partial charge on any atom is -0.497 e. The highest BCUT2D eigenvalue weighted by molar-refractivity contribution is 7.09. The maximum absolute atomic E-state index is 11.9. The third kappa shape index (κ3) is 5.58. The first-order valence-electron chi connectivity index (χ1n) is 7.35. The number of rotatable bonds is 8. The standard InChI is InChI=1S/C17H19NO5S/c1-12(23-14-7-5-13(21-2)6-8-14)17(20)22-11-16(19)18-10-15-4-3-9-24-15/h3-9,12H,10-11H2,1-2H3,(H,18,19). The van der Waals surface area contributed by atoms with Crippen LogP contribution in [0.15, 0.2) is 41.8 Å². The molecule has 1 heterocycles. The summed E-state index contributed by atoms with van der Waals surface area (Å²) >= 11 is 1.55. The van der Waals surface area contributed by atoms with Crippen molar-refractivity contribution in [3.63, 3.8) is 0 Å². The van der Waals surface area contributed by atoms with Crippen molar-refractivity contribution in [1.29, 1.82) is 0 Å². The summed E-state index contributed by atoms with van der Waals surface area (Å²) in [5, 5.41) is 4.61. The van der Waals surface area contributed by atoms with Crippen LogP contribution in [0.3, 0.4) is 0 Å². The second-order valence-electron chi connectivity index (χ2n) is 4.90. The SMILES string of the molecule is COc1ccc(OC(C)C(=O)OCC(=O)NCc2cccs2)cc1. The van der Waals surface area contributed by atoms with Crippen LogP contribution >= 0.6 is 11.3 Å². The minimum absolute atomic E-state index is 0.333. The second-order valence-corrected chi connectivity index (χ2v) is 5.93. The number of hydrogen-bond acceptors (Lipinski definition) is 6. The van der Waals surface area contributed by atoms with Crippen LogP contribution in [0.1, 0.15) is 11.8 Å². The van der Waals surface area contributed by atoms with E-state index in [0.29, 0.717) is 18.0 Å². The highest BCUT2D eigenvalue weighted by atomic mass is 32.1. The summed E-state index contributed by atoms with van der Waals surface area (Å²) in [7, 11) is 1.57. The van der Waals surface area contributed by atoms with Crippen molar-refractivity contribution < 1.29 is 23.8 Å². The zero-order chi connectivity index (χ0) is 17.4. The molecule has 0 aliphatic carbocycles. The first-order valence-corrected chi connectivity index (χ1v) is 8.23. The molecule has 24 heavy (non-hydrogen) atoms. The van der Waals surface area contributed by atoms with Gasteiger partial charge in [-0.25, -0.2) is 4.79 Å². The maximum atomic E-state index is 11.9. The van der Waals surface area contributed by atoms with Crippen molar-refractivity contribution in [1.82, 2.24) is 5.32 Å². The number of hydrogen-bond donors (Lipinski definition) is 1. The van der Waals surface area contributed by atoms with E-state index in [1.54, 1.807) is 49.6 Å². The molecule has 0 radical (unpaired) electrons. The van der Waals surface area contributed by atoms with Crippen molar-refractivity contribution in [2.24, 2.45) is 0 Å². The first kappa shape index (κ1) is 17.8. The van der Waals surface area contributed by atoms with Gasteiger partial charge in [-0.1, -0.05) is 6.07 Å². The van der Waals surface area contributed by atoms with Gasteiger partial charge in [0.25, 0.3) is 5.91 Å². The number of benzene rings is 1. The van der Waals surface area contributed by atoms with Crippen molar-refractivity contribution in [3.05, 3.63) is 46.7 Å². The van der Waals surface area contributed by atoms with Crippen LogP contribution in [0.2, 0.25) is 0 Å². The number of ether oxygens (including phenoxy) is 3. The summed E-state index contributed by atoms with van der Waals surface area (Å²) in [6.45, 7) is 1.66. The highest BCUT2D eigenvalue weighted by Gasteiger charge is 2.17. The van der Waals surface area contributed by atoms with Crippen LogP contribution in [-0.4, -0.2) is 31.7 Å². The van der Waals surface area contributed by atoms with Gasteiger partial charge in [0, 0.05) is 4.88 Å². The van der Waals surface area contributed by atoms with Crippen LogP contribution in [0.4, 0.5) is 0 Å². The lowest BCUT2D eigenvalue weighted by Crippen LogP contribution is -2.32. The molecule has 6 nitrogen and oxygen atoms in total. The molecule has 2 aromatic rings. The summed E-state index contributed by atoms with van der Waals surface area (Å²) < 4.78 is 15.5. The summed E-state index contributed by atoms with van der Waals surface area (Å²) in [5.41, 5.74) is 0. The molecular weight excluding hydrogens is 330 g/mol. The molecule has 0 aliphatic heterocycles. The van der Waals surface area contributed by atoms with Gasteiger partial charge in [-0.05, 0) is 42.6 Å². The zero-order valence-corrected chi connectivity index (χ0v) is 14.3. The quantitative estimate of drug-likeness (QED) is 0.741. The Morgan fingerprint density at radius 2 is 1.88 bits per heavy atom. The number of carbonyl (C=O) groups excluding carboxylic acids is 2.